The molecule has 0 fully saturated rings. The predicted molar refractivity (Wildman–Crippen MR) is 112 cm³/mol. The van der Waals surface area contributed by atoms with Crippen LogP contribution in [0.25, 0.3) is 10.2 Å². The second-order valence-corrected chi connectivity index (χ2v) is 8.08. The van der Waals surface area contributed by atoms with Crippen LogP contribution in [0.1, 0.15) is 20.7 Å². The van der Waals surface area contributed by atoms with E-state index in [-0.39, 0.29) is 0 Å². The minimum Gasteiger partial charge on any atom is -0.465 e. The quantitative estimate of drug-likeness (QED) is 0.508. The fourth-order valence-electron chi connectivity index (χ4n) is 2.61. The fourth-order valence-corrected chi connectivity index (χ4v) is 4.26. The second kappa shape index (κ2) is 9.00. The highest BCUT2D eigenvalue weighted by molar-refractivity contribution is 9.10. The van der Waals surface area contributed by atoms with Crippen molar-refractivity contribution in [3.8, 4) is 0 Å². The molecule has 28 heavy (non-hydrogen) atoms. The van der Waals surface area contributed by atoms with Gasteiger partial charge in [0.25, 0.3) is 5.91 Å². The molecule has 1 heterocycles. The third-order valence-electron chi connectivity index (χ3n) is 3.98. The molecule has 0 radical (unpaired) electrons. The molecule has 3 aromatic rings. The molecule has 0 atom stereocenters. The maximum Gasteiger partial charge on any atom is 0.337 e. The Balaban J connectivity index is 2.14. The van der Waals surface area contributed by atoms with E-state index in [2.05, 4.69) is 20.9 Å². The first-order valence-electron chi connectivity index (χ1n) is 8.19. The van der Waals surface area contributed by atoms with Crippen LogP contribution < -0.4 is 4.80 Å². The zero-order valence-corrected chi connectivity index (χ0v) is 18.2. The Labute approximate surface area is 178 Å². The summed E-state index contributed by atoms with van der Waals surface area (Å²) in [5.74, 6) is -0.869. The van der Waals surface area contributed by atoms with Gasteiger partial charge in [-0.2, -0.15) is 4.99 Å². The SMILES string of the molecule is COCCn1c(=NC(=O)c2cc(Br)ccc2Cl)sc2cc(C(=O)OC)ccc21. The van der Waals surface area contributed by atoms with E-state index in [4.69, 9.17) is 21.1 Å². The average Bonchev–Trinajstić information content (AvgIpc) is 3.03. The number of hydrogen-bond donors (Lipinski definition) is 0. The molecule has 6 nitrogen and oxygen atoms in total. The lowest BCUT2D eigenvalue weighted by molar-refractivity contribution is 0.0601. The lowest BCUT2D eigenvalue weighted by Gasteiger charge is -2.05. The molecule has 9 heteroatoms. The molecule has 0 saturated carbocycles. The standard InChI is InChI=1S/C19H16BrClN2O4S/c1-26-8-7-23-15-6-3-11(18(25)27-2)9-16(15)28-19(23)22-17(24)13-10-12(20)4-5-14(13)21/h3-6,9-10H,7-8H2,1-2H3. The number of aromatic nitrogens is 1. The van der Waals surface area contributed by atoms with Crippen LogP contribution in [0.4, 0.5) is 0 Å². The Kier molecular flexibility index (Phi) is 6.66. The number of rotatable bonds is 5. The van der Waals surface area contributed by atoms with Gasteiger partial charge in [-0.3, -0.25) is 4.79 Å². The summed E-state index contributed by atoms with van der Waals surface area (Å²) in [6.45, 7) is 0.954. The fraction of sp³-hybridized carbons (Fsp3) is 0.211. The molecule has 0 spiro atoms. The van der Waals surface area contributed by atoms with Gasteiger partial charge < -0.3 is 14.0 Å². The molecule has 3 rings (SSSR count). The smallest absolute Gasteiger partial charge is 0.337 e. The van der Waals surface area contributed by atoms with Gasteiger partial charge in [0.05, 0.1) is 40.1 Å². The molecule has 0 bridgehead atoms. The van der Waals surface area contributed by atoms with Crippen molar-refractivity contribution >= 4 is 61.0 Å². The van der Waals surface area contributed by atoms with E-state index in [1.807, 2.05) is 10.6 Å². The molecule has 2 aromatic carbocycles. The van der Waals surface area contributed by atoms with Gasteiger partial charge in [-0.15, -0.1) is 0 Å². The van der Waals surface area contributed by atoms with Crippen molar-refractivity contribution < 1.29 is 19.1 Å². The summed E-state index contributed by atoms with van der Waals surface area (Å²) in [4.78, 5) is 29.3. The van der Waals surface area contributed by atoms with Crippen LogP contribution in [0.3, 0.4) is 0 Å². The summed E-state index contributed by atoms with van der Waals surface area (Å²) in [5, 5.41) is 0.328. The zero-order chi connectivity index (χ0) is 20.3. The molecule has 0 aliphatic carbocycles. The average molecular weight is 484 g/mol. The normalized spacial score (nSPS) is 11.8. The molecule has 1 aromatic heterocycles. The van der Waals surface area contributed by atoms with Crippen molar-refractivity contribution in [2.24, 2.45) is 4.99 Å². The van der Waals surface area contributed by atoms with Gasteiger partial charge in [0, 0.05) is 18.1 Å². The molecule has 0 saturated heterocycles. The number of methoxy groups -OCH3 is 2. The molecule has 0 aliphatic heterocycles. The number of fused-ring (bicyclic) bond motifs is 1. The lowest BCUT2D eigenvalue weighted by atomic mass is 10.2. The van der Waals surface area contributed by atoms with E-state index in [0.717, 1.165) is 14.7 Å². The first kappa shape index (κ1) is 20.7. The number of nitrogens with zero attached hydrogens (tertiary/aromatic N) is 2. The Morgan fingerprint density at radius 1 is 1.21 bits per heavy atom. The summed E-state index contributed by atoms with van der Waals surface area (Å²) in [7, 11) is 2.94. The van der Waals surface area contributed by atoms with Gasteiger partial charge in [-0.05, 0) is 36.4 Å². The number of ether oxygens (including phenoxy) is 2. The van der Waals surface area contributed by atoms with Crippen molar-refractivity contribution in [2.45, 2.75) is 6.54 Å². The lowest BCUT2D eigenvalue weighted by Crippen LogP contribution is -2.19. The highest BCUT2D eigenvalue weighted by Gasteiger charge is 2.14. The summed E-state index contributed by atoms with van der Waals surface area (Å²) in [5.41, 5.74) is 1.59. The number of thiazole rings is 1. The number of esters is 1. The molecule has 0 N–H and O–H groups in total. The van der Waals surface area contributed by atoms with Crippen LogP contribution in [0.5, 0.6) is 0 Å². The highest BCUT2D eigenvalue weighted by Crippen LogP contribution is 2.23. The van der Waals surface area contributed by atoms with Gasteiger partial charge in [0.15, 0.2) is 4.80 Å². The second-order valence-electron chi connectivity index (χ2n) is 5.74. The van der Waals surface area contributed by atoms with Gasteiger partial charge >= 0.3 is 5.97 Å². The number of carbonyl (C=O) groups excluding carboxylic acids is 2. The van der Waals surface area contributed by atoms with Crippen molar-refractivity contribution in [3.05, 3.63) is 61.8 Å². The molecule has 1 amide bonds. The van der Waals surface area contributed by atoms with Crippen LogP contribution in [0.15, 0.2) is 45.9 Å². The van der Waals surface area contributed by atoms with Gasteiger partial charge in [0.2, 0.25) is 0 Å². The minimum atomic E-state index is -0.447. The Morgan fingerprint density at radius 2 is 2.00 bits per heavy atom. The number of halogens is 2. The third-order valence-corrected chi connectivity index (χ3v) is 5.84. The number of hydrogen-bond acceptors (Lipinski definition) is 5. The number of amides is 1. The Morgan fingerprint density at radius 3 is 2.71 bits per heavy atom. The van der Waals surface area contributed by atoms with Crippen LogP contribution >= 0.6 is 38.9 Å². The molecule has 146 valence electrons. The summed E-state index contributed by atoms with van der Waals surface area (Å²) >= 11 is 10.8. The van der Waals surface area contributed by atoms with Crippen LogP contribution in [-0.2, 0) is 16.0 Å². The van der Waals surface area contributed by atoms with Crippen molar-refractivity contribution in [3.63, 3.8) is 0 Å². The van der Waals surface area contributed by atoms with Gasteiger partial charge in [-0.1, -0.05) is 38.9 Å². The van der Waals surface area contributed by atoms with E-state index in [0.29, 0.717) is 34.1 Å². The predicted octanol–water partition coefficient (Wildman–Crippen LogP) is 4.29. The first-order chi connectivity index (χ1) is 13.4. The van der Waals surface area contributed by atoms with E-state index >= 15 is 0 Å². The topological polar surface area (TPSA) is 69.9 Å². The monoisotopic (exact) mass is 482 g/mol. The zero-order valence-electron chi connectivity index (χ0n) is 15.1. The third kappa shape index (κ3) is 4.35. The van der Waals surface area contributed by atoms with Gasteiger partial charge in [-0.25, -0.2) is 4.79 Å². The highest BCUT2D eigenvalue weighted by atomic mass is 79.9. The minimum absolute atomic E-state index is 0.307. The summed E-state index contributed by atoms with van der Waals surface area (Å²) in [6.07, 6.45) is 0. The largest absolute Gasteiger partial charge is 0.465 e. The molecule has 0 aliphatic rings. The molecular formula is C19H16BrClN2O4S. The van der Waals surface area contributed by atoms with Gasteiger partial charge in [0.1, 0.15) is 0 Å². The molecule has 0 unspecified atom stereocenters. The van der Waals surface area contributed by atoms with E-state index in [1.165, 1.54) is 18.4 Å². The van der Waals surface area contributed by atoms with Crippen LogP contribution in [-0.4, -0.2) is 37.3 Å². The van der Waals surface area contributed by atoms with Crippen LogP contribution in [0, 0.1) is 0 Å². The number of benzene rings is 2. The van der Waals surface area contributed by atoms with Crippen molar-refractivity contribution in [1.29, 1.82) is 0 Å². The number of carbonyl (C=O) groups is 2. The van der Waals surface area contributed by atoms with Crippen LogP contribution in [0.2, 0.25) is 5.02 Å². The summed E-state index contributed by atoms with van der Waals surface area (Å²) < 4.78 is 13.4. The maximum atomic E-state index is 12.7. The van der Waals surface area contributed by atoms with E-state index in [1.54, 1.807) is 37.4 Å². The molecular weight excluding hydrogens is 468 g/mol. The Hall–Kier alpha value is -2.00. The van der Waals surface area contributed by atoms with Crippen molar-refractivity contribution in [1.82, 2.24) is 4.57 Å². The van der Waals surface area contributed by atoms with Crippen molar-refractivity contribution in [2.75, 3.05) is 20.8 Å². The van der Waals surface area contributed by atoms with E-state index < -0.39 is 11.9 Å². The maximum absolute atomic E-state index is 12.7. The first-order valence-corrected chi connectivity index (χ1v) is 10.2. The Bertz CT molecular complexity index is 1120. The van der Waals surface area contributed by atoms with E-state index in [9.17, 15) is 9.59 Å². The summed E-state index contributed by atoms with van der Waals surface area (Å²) in [6, 6.07) is 10.2.